The lowest BCUT2D eigenvalue weighted by molar-refractivity contribution is -0.140. The topological polar surface area (TPSA) is 101 Å². The molecule has 1 atom stereocenters. The minimum absolute atomic E-state index is 0.0156. The van der Waals surface area contributed by atoms with Gasteiger partial charge in [-0.3, -0.25) is 9.59 Å². The maximum Gasteiger partial charge on any atom is 0.295 e. The number of hydrogen-bond acceptors (Lipinski definition) is 6. The van der Waals surface area contributed by atoms with Gasteiger partial charge in [-0.25, -0.2) is 0 Å². The Morgan fingerprint density at radius 2 is 1.85 bits per heavy atom. The Morgan fingerprint density at radius 1 is 1.09 bits per heavy atom. The van der Waals surface area contributed by atoms with Gasteiger partial charge >= 0.3 is 0 Å². The Kier molecular flexibility index (Phi) is 6.61. The molecule has 0 spiro atoms. The molecule has 3 aromatic rings. The number of H-pyrrole nitrogens is 1. The highest BCUT2D eigenvalue weighted by molar-refractivity contribution is 6.46. The summed E-state index contributed by atoms with van der Waals surface area (Å²) >= 11 is 0. The lowest BCUT2D eigenvalue weighted by Crippen LogP contribution is -2.31. The van der Waals surface area contributed by atoms with Gasteiger partial charge in [0.15, 0.2) is 0 Å². The van der Waals surface area contributed by atoms with Crippen LogP contribution in [0.15, 0.2) is 48.0 Å². The number of rotatable bonds is 8. The number of ketones is 1. The molecule has 1 unspecified atom stereocenters. The number of hydrogen-bond donors (Lipinski definition) is 2. The molecule has 0 radical (unpaired) electrons. The zero-order valence-corrected chi connectivity index (χ0v) is 19.7. The SMILES string of the molecule is COCCCN1C(=O)C(=O)/C(=C(/O)c2cc(OC)ccc2OC)C1c1c(C)[nH]c2ccccc12. The number of amides is 1. The number of fused-ring (bicyclic) bond motifs is 1. The lowest BCUT2D eigenvalue weighted by Gasteiger charge is -2.25. The molecule has 1 aromatic heterocycles. The minimum Gasteiger partial charge on any atom is -0.507 e. The number of carbonyl (C=O) groups excluding carboxylic acids is 2. The molecule has 34 heavy (non-hydrogen) atoms. The van der Waals surface area contributed by atoms with Crippen LogP contribution in [0.3, 0.4) is 0 Å². The third kappa shape index (κ3) is 3.90. The van der Waals surface area contributed by atoms with E-state index in [0.29, 0.717) is 31.1 Å². The Hall–Kier alpha value is -3.78. The maximum absolute atomic E-state index is 13.3. The summed E-state index contributed by atoms with van der Waals surface area (Å²) in [5, 5.41) is 12.4. The van der Waals surface area contributed by atoms with Crippen LogP contribution in [-0.2, 0) is 14.3 Å². The average molecular weight is 465 g/mol. The van der Waals surface area contributed by atoms with E-state index in [0.717, 1.165) is 22.2 Å². The summed E-state index contributed by atoms with van der Waals surface area (Å²) in [6.45, 7) is 2.64. The first-order chi connectivity index (χ1) is 16.4. The van der Waals surface area contributed by atoms with Gasteiger partial charge in [-0.15, -0.1) is 0 Å². The molecule has 2 N–H and O–H groups in total. The Balaban J connectivity index is 1.97. The molecule has 2 aromatic carbocycles. The predicted octanol–water partition coefficient (Wildman–Crippen LogP) is 3.95. The number of carbonyl (C=O) groups is 2. The van der Waals surface area contributed by atoms with Gasteiger partial charge in [0.2, 0.25) is 0 Å². The molecule has 8 heteroatoms. The summed E-state index contributed by atoms with van der Waals surface area (Å²) in [7, 11) is 4.57. The average Bonchev–Trinajstić information content (AvgIpc) is 3.30. The fraction of sp³-hybridized carbons (Fsp3) is 0.308. The molecule has 2 heterocycles. The molecule has 0 saturated carbocycles. The van der Waals surface area contributed by atoms with Crippen LogP contribution in [0.1, 0.15) is 29.3 Å². The quantitative estimate of drug-likeness (QED) is 0.227. The highest BCUT2D eigenvalue weighted by Crippen LogP contribution is 2.44. The fourth-order valence-corrected chi connectivity index (χ4v) is 4.58. The van der Waals surface area contributed by atoms with Gasteiger partial charge in [-0.2, -0.15) is 0 Å². The van der Waals surface area contributed by atoms with Gasteiger partial charge in [0, 0.05) is 42.4 Å². The molecule has 1 amide bonds. The highest BCUT2D eigenvalue weighted by Gasteiger charge is 2.47. The summed E-state index contributed by atoms with van der Waals surface area (Å²) in [5.74, 6) is -0.864. The van der Waals surface area contributed by atoms with Crippen LogP contribution in [0.25, 0.3) is 16.7 Å². The summed E-state index contributed by atoms with van der Waals surface area (Å²) in [6, 6.07) is 11.9. The van der Waals surface area contributed by atoms with E-state index in [1.54, 1.807) is 25.3 Å². The normalized spacial score (nSPS) is 17.5. The van der Waals surface area contributed by atoms with E-state index >= 15 is 0 Å². The number of Topliss-reactive ketones (excluding diaryl/α,β-unsaturated/α-hetero) is 1. The fourth-order valence-electron chi connectivity index (χ4n) is 4.58. The number of aromatic amines is 1. The Morgan fingerprint density at radius 3 is 2.56 bits per heavy atom. The van der Waals surface area contributed by atoms with Crippen LogP contribution < -0.4 is 9.47 Å². The van der Waals surface area contributed by atoms with Crippen LogP contribution in [0.4, 0.5) is 0 Å². The van der Waals surface area contributed by atoms with Crippen molar-refractivity contribution in [2.24, 2.45) is 0 Å². The van der Waals surface area contributed by atoms with Crippen LogP contribution in [-0.4, -0.2) is 61.2 Å². The molecular weight excluding hydrogens is 436 g/mol. The number of aromatic nitrogens is 1. The highest BCUT2D eigenvalue weighted by atomic mass is 16.5. The molecular formula is C26H28N2O6. The largest absolute Gasteiger partial charge is 0.507 e. The number of para-hydroxylation sites is 1. The Labute approximate surface area is 197 Å². The van der Waals surface area contributed by atoms with Crippen LogP contribution >= 0.6 is 0 Å². The van der Waals surface area contributed by atoms with E-state index in [9.17, 15) is 14.7 Å². The smallest absolute Gasteiger partial charge is 0.295 e. The van der Waals surface area contributed by atoms with Crippen LogP contribution in [0.5, 0.6) is 11.5 Å². The second-order valence-electron chi connectivity index (χ2n) is 8.11. The Bertz CT molecular complexity index is 1280. The molecule has 0 aliphatic carbocycles. The van der Waals surface area contributed by atoms with Gasteiger partial charge in [0.05, 0.1) is 31.4 Å². The first kappa shape index (κ1) is 23.4. The molecule has 1 aliphatic heterocycles. The maximum atomic E-state index is 13.3. The number of benzene rings is 2. The van der Waals surface area contributed by atoms with Crippen molar-refractivity contribution in [3.05, 3.63) is 64.9 Å². The van der Waals surface area contributed by atoms with Crippen molar-refractivity contribution in [1.82, 2.24) is 9.88 Å². The van der Waals surface area contributed by atoms with E-state index in [4.69, 9.17) is 14.2 Å². The molecule has 4 rings (SSSR count). The van der Waals surface area contributed by atoms with Crippen LogP contribution in [0, 0.1) is 6.92 Å². The standard InChI is InChI=1S/C26H28N2O6/c1-15-21(17-8-5-6-9-19(17)27-15)23-22(25(30)26(31)28(23)12-7-13-32-2)24(29)18-14-16(33-3)10-11-20(18)34-4/h5-6,8-11,14,23,27,29H,7,12-13H2,1-4H3/b24-22+. The zero-order valence-electron chi connectivity index (χ0n) is 19.7. The number of nitrogens with one attached hydrogen (secondary N) is 1. The van der Waals surface area contributed by atoms with Crippen molar-refractivity contribution in [3.63, 3.8) is 0 Å². The van der Waals surface area contributed by atoms with E-state index in [1.165, 1.54) is 19.1 Å². The number of aryl methyl sites for hydroxylation is 1. The number of methoxy groups -OCH3 is 3. The molecule has 1 aliphatic rings. The number of aliphatic hydroxyl groups excluding tert-OH is 1. The van der Waals surface area contributed by atoms with Gasteiger partial charge in [0.25, 0.3) is 11.7 Å². The molecule has 1 fully saturated rings. The summed E-state index contributed by atoms with van der Waals surface area (Å²) < 4.78 is 15.9. The van der Waals surface area contributed by atoms with Gasteiger partial charge in [0.1, 0.15) is 17.3 Å². The van der Waals surface area contributed by atoms with Crippen molar-refractivity contribution in [3.8, 4) is 11.5 Å². The van der Waals surface area contributed by atoms with Crippen LogP contribution in [0.2, 0.25) is 0 Å². The molecule has 0 bridgehead atoms. The third-order valence-electron chi connectivity index (χ3n) is 6.17. The number of nitrogens with zero attached hydrogens (tertiary/aromatic N) is 1. The number of aliphatic hydroxyl groups is 1. The van der Waals surface area contributed by atoms with Gasteiger partial charge in [-0.05, 0) is 37.6 Å². The summed E-state index contributed by atoms with van der Waals surface area (Å²) in [4.78, 5) is 31.4. The minimum atomic E-state index is -0.774. The second kappa shape index (κ2) is 9.61. The van der Waals surface area contributed by atoms with Crippen molar-refractivity contribution in [1.29, 1.82) is 0 Å². The molecule has 1 saturated heterocycles. The monoisotopic (exact) mass is 464 g/mol. The van der Waals surface area contributed by atoms with Gasteiger partial charge < -0.3 is 29.2 Å². The lowest BCUT2D eigenvalue weighted by atomic mass is 9.93. The third-order valence-corrected chi connectivity index (χ3v) is 6.17. The number of likely N-dealkylation sites (tertiary alicyclic amines) is 1. The van der Waals surface area contributed by atoms with E-state index in [1.807, 2.05) is 31.2 Å². The first-order valence-corrected chi connectivity index (χ1v) is 11.0. The summed E-state index contributed by atoms with van der Waals surface area (Å²) in [5.41, 5.74) is 2.77. The van der Waals surface area contributed by atoms with Crippen molar-refractivity contribution in [2.75, 3.05) is 34.5 Å². The van der Waals surface area contributed by atoms with Crippen molar-refractivity contribution in [2.45, 2.75) is 19.4 Å². The van der Waals surface area contributed by atoms with E-state index in [-0.39, 0.29) is 16.9 Å². The van der Waals surface area contributed by atoms with Gasteiger partial charge in [-0.1, -0.05) is 18.2 Å². The van der Waals surface area contributed by atoms with E-state index in [2.05, 4.69) is 4.98 Å². The second-order valence-corrected chi connectivity index (χ2v) is 8.11. The van der Waals surface area contributed by atoms with Crippen molar-refractivity contribution < 1.29 is 28.9 Å². The number of ether oxygens (including phenoxy) is 3. The van der Waals surface area contributed by atoms with E-state index < -0.39 is 17.7 Å². The summed E-state index contributed by atoms with van der Waals surface area (Å²) in [6.07, 6.45) is 0.546. The zero-order chi connectivity index (χ0) is 24.4. The van der Waals surface area contributed by atoms with Crippen molar-refractivity contribution >= 4 is 28.4 Å². The first-order valence-electron chi connectivity index (χ1n) is 11.0. The predicted molar refractivity (Wildman–Crippen MR) is 128 cm³/mol. The molecule has 8 nitrogen and oxygen atoms in total. The molecule has 178 valence electrons.